The maximum atomic E-state index is 12.6. The lowest BCUT2D eigenvalue weighted by molar-refractivity contribution is 0.0596. The van der Waals surface area contributed by atoms with Crippen molar-refractivity contribution >= 4 is 27.5 Å². The molecule has 0 spiro atoms. The van der Waals surface area contributed by atoms with Crippen LogP contribution in [0.3, 0.4) is 0 Å². The molecule has 0 amide bonds. The van der Waals surface area contributed by atoms with Crippen molar-refractivity contribution in [3.8, 4) is 0 Å². The third-order valence-electron chi connectivity index (χ3n) is 3.13. The first-order valence-electron chi connectivity index (χ1n) is 6.67. The monoisotopic (exact) mass is 333 g/mol. The first kappa shape index (κ1) is 16.7. The second kappa shape index (κ2) is 6.62. The highest BCUT2D eigenvalue weighted by Crippen LogP contribution is 2.23. The maximum absolute atomic E-state index is 12.6. The summed E-state index contributed by atoms with van der Waals surface area (Å²) in [6.45, 7) is 1.34. The summed E-state index contributed by atoms with van der Waals surface area (Å²) in [4.78, 5) is 23.1. The van der Waals surface area contributed by atoms with E-state index in [-0.39, 0.29) is 27.5 Å². The Kier molecular flexibility index (Phi) is 4.80. The van der Waals surface area contributed by atoms with Gasteiger partial charge in [0.1, 0.15) is 4.90 Å². The minimum Gasteiger partial charge on any atom is -0.465 e. The molecule has 0 bridgehead atoms. The van der Waals surface area contributed by atoms with E-state index < -0.39 is 16.0 Å². The van der Waals surface area contributed by atoms with Gasteiger partial charge in [0.05, 0.1) is 18.4 Å². The van der Waals surface area contributed by atoms with Gasteiger partial charge in [0.15, 0.2) is 5.78 Å². The lowest BCUT2D eigenvalue weighted by Crippen LogP contribution is -2.18. The van der Waals surface area contributed by atoms with Crippen LogP contribution in [0.25, 0.3) is 0 Å². The molecule has 0 aromatic heterocycles. The molecule has 23 heavy (non-hydrogen) atoms. The Balaban J connectivity index is 2.50. The van der Waals surface area contributed by atoms with E-state index in [9.17, 15) is 18.0 Å². The number of anilines is 1. The van der Waals surface area contributed by atoms with Gasteiger partial charge in [-0.15, -0.1) is 0 Å². The van der Waals surface area contributed by atoms with Gasteiger partial charge in [-0.3, -0.25) is 9.52 Å². The van der Waals surface area contributed by atoms with E-state index in [2.05, 4.69) is 9.46 Å². The van der Waals surface area contributed by atoms with E-state index in [0.717, 1.165) is 0 Å². The topological polar surface area (TPSA) is 89.5 Å². The van der Waals surface area contributed by atoms with Crippen LogP contribution in [0.4, 0.5) is 5.69 Å². The standard InChI is InChI=1S/C16H15NO5S/c1-11(18)12-7-3-5-9-14(12)17-23(20,21)15-10-6-4-8-13(15)16(19)22-2/h3-10,17H,1-2H3. The zero-order chi connectivity index (χ0) is 17.0. The van der Waals surface area contributed by atoms with Crippen molar-refractivity contribution in [2.75, 3.05) is 11.8 Å². The fourth-order valence-corrected chi connectivity index (χ4v) is 3.33. The highest BCUT2D eigenvalue weighted by molar-refractivity contribution is 7.92. The molecule has 2 aromatic rings. The van der Waals surface area contributed by atoms with Crippen molar-refractivity contribution < 1.29 is 22.7 Å². The second-order valence-corrected chi connectivity index (χ2v) is 6.35. The highest BCUT2D eigenvalue weighted by Gasteiger charge is 2.23. The second-order valence-electron chi connectivity index (χ2n) is 4.70. The van der Waals surface area contributed by atoms with Gasteiger partial charge in [0, 0.05) is 5.56 Å². The number of esters is 1. The van der Waals surface area contributed by atoms with Crippen LogP contribution in [0.1, 0.15) is 27.6 Å². The Labute approximate surface area is 134 Å². The van der Waals surface area contributed by atoms with Gasteiger partial charge in [-0.2, -0.15) is 0 Å². The van der Waals surface area contributed by atoms with Gasteiger partial charge in [-0.05, 0) is 31.2 Å². The molecule has 0 unspecified atom stereocenters. The Hall–Kier alpha value is -2.67. The molecule has 2 aromatic carbocycles. The lowest BCUT2D eigenvalue weighted by atomic mass is 10.1. The van der Waals surface area contributed by atoms with Crippen molar-refractivity contribution in [1.29, 1.82) is 0 Å². The van der Waals surface area contributed by atoms with Crippen molar-refractivity contribution in [3.05, 3.63) is 59.7 Å². The Bertz CT molecular complexity index is 858. The molecule has 1 N–H and O–H groups in total. The molecule has 0 aliphatic heterocycles. The summed E-state index contributed by atoms with van der Waals surface area (Å²) < 4.78 is 32.1. The zero-order valence-electron chi connectivity index (χ0n) is 12.6. The Morgan fingerprint density at radius 2 is 1.52 bits per heavy atom. The third kappa shape index (κ3) is 3.57. The third-order valence-corrected chi connectivity index (χ3v) is 4.56. The molecule has 0 aliphatic carbocycles. The van der Waals surface area contributed by atoms with E-state index in [4.69, 9.17) is 0 Å². The van der Waals surface area contributed by atoms with Gasteiger partial charge < -0.3 is 4.74 Å². The Morgan fingerprint density at radius 3 is 2.13 bits per heavy atom. The van der Waals surface area contributed by atoms with Gasteiger partial charge in [0.25, 0.3) is 10.0 Å². The van der Waals surface area contributed by atoms with Crippen molar-refractivity contribution in [2.24, 2.45) is 0 Å². The number of para-hydroxylation sites is 1. The number of hydrogen-bond acceptors (Lipinski definition) is 5. The number of benzene rings is 2. The zero-order valence-corrected chi connectivity index (χ0v) is 13.4. The van der Waals surface area contributed by atoms with E-state index in [1.54, 1.807) is 12.1 Å². The molecular formula is C16H15NO5S. The number of nitrogens with one attached hydrogen (secondary N) is 1. The van der Waals surface area contributed by atoms with Crippen LogP contribution in [-0.4, -0.2) is 27.3 Å². The SMILES string of the molecule is COC(=O)c1ccccc1S(=O)(=O)Nc1ccccc1C(C)=O. The number of carbonyl (C=O) groups is 2. The normalized spacial score (nSPS) is 10.9. The van der Waals surface area contributed by atoms with Gasteiger partial charge in [0.2, 0.25) is 0 Å². The molecule has 120 valence electrons. The minimum atomic E-state index is -4.06. The number of carbonyl (C=O) groups excluding carboxylic acids is 2. The minimum absolute atomic E-state index is 0.0807. The predicted octanol–water partition coefficient (Wildman–Crippen LogP) is 2.48. The molecular weight excluding hydrogens is 318 g/mol. The summed E-state index contributed by atoms with van der Waals surface area (Å²) in [5.74, 6) is -1.03. The van der Waals surface area contributed by atoms with Crippen molar-refractivity contribution in [1.82, 2.24) is 0 Å². The van der Waals surface area contributed by atoms with Crippen LogP contribution in [0.5, 0.6) is 0 Å². The highest BCUT2D eigenvalue weighted by atomic mass is 32.2. The molecule has 7 heteroatoms. The number of ketones is 1. The van der Waals surface area contributed by atoms with E-state index >= 15 is 0 Å². The molecule has 0 saturated carbocycles. The van der Waals surface area contributed by atoms with Gasteiger partial charge in [-0.25, -0.2) is 13.2 Å². The number of hydrogen-bond donors (Lipinski definition) is 1. The van der Waals surface area contributed by atoms with Crippen LogP contribution in [0.15, 0.2) is 53.4 Å². The molecule has 0 saturated heterocycles. The van der Waals surface area contributed by atoms with Crippen molar-refractivity contribution in [2.45, 2.75) is 11.8 Å². The first-order valence-corrected chi connectivity index (χ1v) is 8.15. The fourth-order valence-electron chi connectivity index (χ4n) is 2.06. The van der Waals surface area contributed by atoms with Crippen LogP contribution in [0.2, 0.25) is 0 Å². The van der Waals surface area contributed by atoms with Gasteiger partial charge in [-0.1, -0.05) is 24.3 Å². The average molecular weight is 333 g/mol. The van der Waals surface area contributed by atoms with E-state index in [0.29, 0.717) is 0 Å². The fraction of sp³-hybridized carbons (Fsp3) is 0.125. The number of methoxy groups -OCH3 is 1. The molecule has 0 atom stereocenters. The lowest BCUT2D eigenvalue weighted by Gasteiger charge is -2.13. The van der Waals surface area contributed by atoms with Crippen LogP contribution in [0, 0.1) is 0 Å². The maximum Gasteiger partial charge on any atom is 0.339 e. The van der Waals surface area contributed by atoms with Gasteiger partial charge >= 0.3 is 5.97 Å². The summed E-state index contributed by atoms with van der Waals surface area (Å²) in [6.07, 6.45) is 0. The number of ether oxygens (including phenoxy) is 1. The average Bonchev–Trinajstić information content (AvgIpc) is 2.54. The van der Waals surface area contributed by atoms with E-state index in [1.165, 1.54) is 50.4 Å². The Morgan fingerprint density at radius 1 is 0.957 bits per heavy atom. The molecule has 0 radical (unpaired) electrons. The summed E-state index contributed by atoms with van der Waals surface area (Å²) >= 11 is 0. The summed E-state index contributed by atoms with van der Waals surface area (Å²) in [7, 11) is -2.89. The quantitative estimate of drug-likeness (QED) is 0.670. The molecule has 0 heterocycles. The summed E-state index contributed by atoms with van der Waals surface area (Å²) in [6, 6.07) is 11.9. The number of Topliss-reactive ketones (excluding diaryl/α,β-unsaturated/α-hetero) is 1. The van der Waals surface area contributed by atoms with Crippen LogP contribution in [-0.2, 0) is 14.8 Å². The number of rotatable bonds is 5. The molecule has 0 aliphatic rings. The molecule has 0 fully saturated rings. The summed E-state index contributed by atoms with van der Waals surface area (Å²) in [5, 5.41) is 0. The smallest absolute Gasteiger partial charge is 0.339 e. The van der Waals surface area contributed by atoms with Crippen LogP contribution < -0.4 is 4.72 Å². The number of sulfonamides is 1. The van der Waals surface area contributed by atoms with Crippen LogP contribution >= 0.6 is 0 Å². The predicted molar refractivity (Wildman–Crippen MR) is 85.0 cm³/mol. The molecule has 6 nitrogen and oxygen atoms in total. The summed E-state index contributed by atoms with van der Waals surface area (Å²) in [5.41, 5.74) is 0.314. The van der Waals surface area contributed by atoms with E-state index in [1.807, 2.05) is 0 Å². The molecule has 2 rings (SSSR count). The largest absolute Gasteiger partial charge is 0.465 e. The first-order chi connectivity index (χ1) is 10.9. The van der Waals surface area contributed by atoms with Crippen molar-refractivity contribution in [3.63, 3.8) is 0 Å².